The molecule has 0 bridgehead atoms. The number of hydrogen-bond donors (Lipinski definition) is 1. The Morgan fingerprint density at radius 2 is 2.10 bits per heavy atom. The number of carbonyl (C=O) groups is 1. The average Bonchev–Trinajstić information content (AvgIpc) is 2.86. The Labute approximate surface area is 126 Å². The summed E-state index contributed by atoms with van der Waals surface area (Å²) in [5, 5.41) is 2.50. The largest absolute Gasteiger partial charge is 0.490 e. The Bertz CT molecular complexity index is 667. The number of fused-ring (bicyclic) bond motifs is 1. The predicted molar refractivity (Wildman–Crippen MR) is 80.2 cm³/mol. The van der Waals surface area contributed by atoms with Gasteiger partial charge in [0.2, 0.25) is 5.78 Å². The van der Waals surface area contributed by atoms with Gasteiger partial charge in [-0.3, -0.25) is 4.79 Å². The molecule has 21 heavy (non-hydrogen) atoms. The second-order valence-electron chi connectivity index (χ2n) is 4.90. The van der Waals surface area contributed by atoms with Crippen molar-refractivity contribution in [2.75, 3.05) is 13.2 Å². The van der Waals surface area contributed by atoms with Crippen LogP contribution in [0.5, 0.6) is 11.5 Å². The van der Waals surface area contributed by atoms with Crippen molar-refractivity contribution in [1.82, 2.24) is 4.98 Å². The van der Waals surface area contributed by atoms with Gasteiger partial charge in [0.25, 0.3) is 0 Å². The van der Waals surface area contributed by atoms with Crippen LogP contribution < -0.4 is 15.2 Å². The van der Waals surface area contributed by atoms with Crippen molar-refractivity contribution < 1.29 is 14.3 Å². The van der Waals surface area contributed by atoms with E-state index in [-0.39, 0.29) is 11.8 Å². The van der Waals surface area contributed by atoms with Crippen LogP contribution in [0, 0.1) is 0 Å². The number of ketones is 1. The molecular formula is C15H16N2O3S. The van der Waals surface area contributed by atoms with Crippen LogP contribution in [0.1, 0.15) is 40.4 Å². The second kappa shape index (κ2) is 5.83. The molecule has 0 aliphatic carbocycles. The summed E-state index contributed by atoms with van der Waals surface area (Å²) in [6.45, 7) is 3.07. The van der Waals surface area contributed by atoms with Crippen molar-refractivity contribution in [3.05, 3.63) is 39.8 Å². The highest BCUT2D eigenvalue weighted by atomic mass is 32.1. The maximum atomic E-state index is 12.5. The van der Waals surface area contributed by atoms with Gasteiger partial charge in [0.1, 0.15) is 10.7 Å². The summed E-state index contributed by atoms with van der Waals surface area (Å²) in [6.07, 6.45) is 0.835. The molecule has 0 fully saturated rings. The van der Waals surface area contributed by atoms with E-state index in [2.05, 4.69) is 4.98 Å². The van der Waals surface area contributed by atoms with E-state index in [0.717, 1.165) is 11.4 Å². The van der Waals surface area contributed by atoms with E-state index < -0.39 is 0 Å². The molecule has 110 valence electrons. The lowest BCUT2D eigenvalue weighted by Gasteiger charge is -2.08. The maximum absolute atomic E-state index is 12.5. The maximum Gasteiger partial charge on any atom is 0.212 e. The third-order valence-corrected chi connectivity index (χ3v) is 4.20. The standard InChI is InChI=1S/C15H16N2O3S/c1-9(16)15-17-11(8-21-15)14(18)10-3-4-12-13(7-10)20-6-2-5-19-12/h3-4,7-9H,2,5-6,16H2,1H3. The van der Waals surface area contributed by atoms with Gasteiger partial charge in [-0.25, -0.2) is 4.98 Å². The van der Waals surface area contributed by atoms with Crippen molar-refractivity contribution in [2.24, 2.45) is 5.73 Å². The van der Waals surface area contributed by atoms with E-state index in [1.165, 1.54) is 11.3 Å². The van der Waals surface area contributed by atoms with Crippen LogP contribution in [0.25, 0.3) is 0 Å². The molecular weight excluding hydrogens is 288 g/mol. The molecule has 1 aliphatic rings. The quantitative estimate of drug-likeness (QED) is 0.882. The first-order chi connectivity index (χ1) is 10.1. The number of rotatable bonds is 3. The third-order valence-electron chi connectivity index (χ3n) is 3.15. The van der Waals surface area contributed by atoms with Crippen LogP contribution in [0.15, 0.2) is 23.6 Å². The van der Waals surface area contributed by atoms with Gasteiger partial charge in [0.05, 0.1) is 19.3 Å². The number of thiazole rings is 1. The summed E-state index contributed by atoms with van der Waals surface area (Å²) in [5.41, 5.74) is 6.74. The lowest BCUT2D eigenvalue weighted by Crippen LogP contribution is -2.07. The smallest absolute Gasteiger partial charge is 0.212 e. The molecule has 1 atom stereocenters. The molecule has 6 heteroatoms. The summed E-state index contributed by atoms with van der Waals surface area (Å²) in [6, 6.07) is 5.06. The van der Waals surface area contributed by atoms with Crippen molar-refractivity contribution in [3.8, 4) is 11.5 Å². The fourth-order valence-corrected chi connectivity index (χ4v) is 2.81. The second-order valence-corrected chi connectivity index (χ2v) is 5.79. The number of carbonyl (C=O) groups excluding carboxylic acids is 1. The van der Waals surface area contributed by atoms with Crippen LogP contribution in [0.3, 0.4) is 0 Å². The molecule has 3 rings (SSSR count). The minimum absolute atomic E-state index is 0.131. The van der Waals surface area contributed by atoms with E-state index in [1.807, 2.05) is 6.92 Å². The summed E-state index contributed by atoms with van der Waals surface area (Å²) in [7, 11) is 0. The molecule has 5 nitrogen and oxygen atoms in total. The Balaban J connectivity index is 1.88. The Hall–Kier alpha value is -1.92. The number of aromatic nitrogens is 1. The molecule has 2 aromatic rings. The molecule has 2 N–H and O–H groups in total. The lowest BCUT2D eigenvalue weighted by atomic mass is 10.1. The van der Waals surface area contributed by atoms with Crippen LogP contribution in [-0.4, -0.2) is 24.0 Å². The number of nitrogens with zero attached hydrogens (tertiary/aromatic N) is 1. The SMILES string of the molecule is CC(N)c1nc(C(=O)c2ccc3c(c2)OCCCO3)cs1. The van der Waals surface area contributed by atoms with Gasteiger partial charge in [-0.2, -0.15) is 0 Å². The molecule has 1 aliphatic heterocycles. The molecule has 0 amide bonds. The first kappa shape index (κ1) is 14.0. The van der Waals surface area contributed by atoms with Crippen molar-refractivity contribution in [2.45, 2.75) is 19.4 Å². The fourth-order valence-electron chi connectivity index (χ4n) is 2.05. The van der Waals surface area contributed by atoms with E-state index in [9.17, 15) is 4.79 Å². The summed E-state index contributed by atoms with van der Waals surface area (Å²) in [4.78, 5) is 16.7. The molecule has 0 saturated carbocycles. The zero-order valence-corrected chi connectivity index (χ0v) is 12.5. The zero-order chi connectivity index (χ0) is 14.8. The van der Waals surface area contributed by atoms with Crippen LogP contribution in [0.4, 0.5) is 0 Å². The number of benzene rings is 1. The molecule has 0 radical (unpaired) electrons. The topological polar surface area (TPSA) is 74.4 Å². The molecule has 1 aromatic carbocycles. The van der Waals surface area contributed by atoms with Gasteiger partial charge in [0, 0.05) is 17.4 Å². The first-order valence-electron chi connectivity index (χ1n) is 6.80. The molecule has 0 saturated heterocycles. The van der Waals surface area contributed by atoms with Crippen LogP contribution in [0.2, 0.25) is 0 Å². The first-order valence-corrected chi connectivity index (χ1v) is 7.68. The van der Waals surface area contributed by atoms with Gasteiger partial charge in [-0.1, -0.05) is 0 Å². The predicted octanol–water partition coefficient (Wildman–Crippen LogP) is 2.56. The molecule has 1 aromatic heterocycles. The number of nitrogens with two attached hydrogens (primary N) is 1. The van der Waals surface area contributed by atoms with Gasteiger partial charge in [0.15, 0.2) is 11.5 Å². The summed E-state index contributed by atoms with van der Waals surface area (Å²) < 4.78 is 11.2. The zero-order valence-electron chi connectivity index (χ0n) is 11.7. The van der Waals surface area contributed by atoms with Gasteiger partial charge < -0.3 is 15.2 Å². The van der Waals surface area contributed by atoms with Gasteiger partial charge in [-0.15, -0.1) is 11.3 Å². The minimum Gasteiger partial charge on any atom is -0.490 e. The highest BCUT2D eigenvalue weighted by Gasteiger charge is 2.18. The van der Waals surface area contributed by atoms with E-state index in [0.29, 0.717) is 36.0 Å². The molecule has 1 unspecified atom stereocenters. The van der Waals surface area contributed by atoms with E-state index in [1.54, 1.807) is 23.6 Å². The number of ether oxygens (including phenoxy) is 2. The Morgan fingerprint density at radius 3 is 2.81 bits per heavy atom. The highest BCUT2D eigenvalue weighted by Crippen LogP contribution is 2.31. The number of hydrogen-bond acceptors (Lipinski definition) is 6. The van der Waals surface area contributed by atoms with Crippen LogP contribution >= 0.6 is 11.3 Å². The fraction of sp³-hybridized carbons (Fsp3) is 0.333. The third kappa shape index (κ3) is 2.91. The van der Waals surface area contributed by atoms with Gasteiger partial charge >= 0.3 is 0 Å². The highest BCUT2D eigenvalue weighted by molar-refractivity contribution is 7.09. The monoisotopic (exact) mass is 304 g/mol. The minimum atomic E-state index is -0.166. The van der Waals surface area contributed by atoms with Crippen molar-refractivity contribution >= 4 is 17.1 Å². The average molecular weight is 304 g/mol. The summed E-state index contributed by atoms with van der Waals surface area (Å²) in [5.74, 6) is 1.16. The molecule has 2 heterocycles. The lowest BCUT2D eigenvalue weighted by molar-refractivity contribution is 0.103. The normalized spacial score (nSPS) is 15.3. The van der Waals surface area contributed by atoms with Crippen LogP contribution in [-0.2, 0) is 0 Å². The van der Waals surface area contributed by atoms with Gasteiger partial charge in [-0.05, 0) is 25.1 Å². The van der Waals surface area contributed by atoms with Crippen molar-refractivity contribution in [1.29, 1.82) is 0 Å². The Kier molecular flexibility index (Phi) is 3.90. The summed E-state index contributed by atoms with van der Waals surface area (Å²) >= 11 is 1.40. The van der Waals surface area contributed by atoms with E-state index in [4.69, 9.17) is 15.2 Å². The van der Waals surface area contributed by atoms with E-state index >= 15 is 0 Å². The van der Waals surface area contributed by atoms with Crippen molar-refractivity contribution in [3.63, 3.8) is 0 Å². The molecule has 0 spiro atoms. The Morgan fingerprint density at radius 1 is 1.33 bits per heavy atom.